The van der Waals surface area contributed by atoms with Crippen LogP contribution in [0.2, 0.25) is 0 Å². The summed E-state index contributed by atoms with van der Waals surface area (Å²) in [5, 5.41) is 0. The van der Waals surface area contributed by atoms with Crippen LogP contribution in [0, 0.1) is 50.2 Å². The van der Waals surface area contributed by atoms with Crippen LogP contribution in [0.1, 0.15) is 113 Å². The molecule has 4 heteroatoms. The van der Waals surface area contributed by atoms with E-state index in [1.165, 1.54) is 12.8 Å². The maximum atomic E-state index is 14.0. The van der Waals surface area contributed by atoms with Gasteiger partial charge in [-0.1, -0.05) is 41.5 Å². The Labute approximate surface area is 206 Å². The van der Waals surface area contributed by atoms with Gasteiger partial charge in [0.2, 0.25) is 0 Å². The zero-order valence-corrected chi connectivity index (χ0v) is 22.6. The molecule has 2 saturated heterocycles. The molecule has 2 heterocycles. The number of cyclic esters (lactones) is 1. The molecule has 0 amide bonds. The van der Waals surface area contributed by atoms with Crippen molar-refractivity contribution in [2.75, 3.05) is 0 Å². The van der Waals surface area contributed by atoms with Crippen LogP contribution in [-0.2, 0) is 19.1 Å². The molecule has 6 rings (SSSR count). The van der Waals surface area contributed by atoms with Crippen LogP contribution < -0.4 is 0 Å². The minimum absolute atomic E-state index is 0.0121. The van der Waals surface area contributed by atoms with E-state index in [-0.39, 0.29) is 56.6 Å². The Kier molecular flexibility index (Phi) is 4.55. The molecule has 0 unspecified atom stereocenters. The van der Waals surface area contributed by atoms with E-state index in [1.54, 1.807) is 0 Å². The molecule has 6 aliphatic rings. The first-order valence-electron chi connectivity index (χ1n) is 14.1. The van der Waals surface area contributed by atoms with E-state index in [4.69, 9.17) is 9.47 Å². The molecular weight excluding hydrogens is 424 g/mol. The maximum absolute atomic E-state index is 14.0. The zero-order chi connectivity index (χ0) is 24.5. The van der Waals surface area contributed by atoms with Crippen LogP contribution in [0.4, 0.5) is 0 Å². The Morgan fingerprint density at radius 2 is 1.47 bits per heavy atom. The normalized spacial score (nSPS) is 57.8. The van der Waals surface area contributed by atoms with E-state index in [1.807, 2.05) is 0 Å². The summed E-state index contributed by atoms with van der Waals surface area (Å²) in [6, 6.07) is 0. The molecule has 190 valence electrons. The number of carbonyl (C=O) groups excluding carboxylic acids is 2. The van der Waals surface area contributed by atoms with Crippen molar-refractivity contribution in [1.29, 1.82) is 0 Å². The van der Waals surface area contributed by atoms with Gasteiger partial charge in [-0.3, -0.25) is 9.59 Å². The fourth-order valence-corrected chi connectivity index (χ4v) is 11.4. The minimum Gasteiger partial charge on any atom is -0.462 e. The van der Waals surface area contributed by atoms with Crippen molar-refractivity contribution in [3.63, 3.8) is 0 Å². The average molecular weight is 471 g/mol. The van der Waals surface area contributed by atoms with Crippen molar-refractivity contribution in [2.45, 2.75) is 125 Å². The molecule has 0 aromatic heterocycles. The Hall–Kier alpha value is -1.06. The van der Waals surface area contributed by atoms with Crippen molar-refractivity contribution < 1.29 is 19.1 Å². The third-order valence-corrected chi connectivity index (χ3v) is 13.5. The van der Waals surface area contributed by atoms with Gasteiger partial charge in [0.25, 0.3) is 0 Å². The van der Waals surface area contributed by atoms with Gasteiger partial charge in [0.1, 0.15) is 12.2 Å². The van der Waals surface area contributed by atoms with E-state index >= 15 is 0 Å². The fourth-order valence-electron chi connectivity index (χ4n) is 11.4. The summed E-state index contributed by atoms with van der Waals surface area (Å²) in [7, 11) is 0. The summed E-state index contributed by atoms with van der Waals surface area (Å²) in [4.78, 5) is 26.5. The number of carbonyl (C=O) groups is 2. The lowest BCUT2D eigenvalue weighted by molar-refractivity contribution is -0.248. The molecule has 0 aromatic rings. The van der Waals surface area contributed by atoms with E-state index in [0.717, 1.165) is 44.9 Å². The Bertz CT molecular complexity index is 940. The van der Waals surface area contributed by atoms with Crippen molar-refractivity contribution in [3.8, 4) is 0 Å². The highest BCUT2D eigenvalue weighted by Crippen LogP contribution is 2.80. The lowest BCUT2D eigenvalue weighted by atomic mass is 9.30. The van der Waals surface area contributed by atoms with Gasteiger partial charge >= 0.3 is 11.9 Å². The smallest absolute Gasteiger partial charge is 0.313 e. The molecule has 0 radical (unpaired) electrons. The topological polar surface area (TPSA) is 52.6 Å². The highest BCUT2D eigenvalue weighted by molar-refractivity contribution is 5.82. The van der Waals surface area contributed by atoms with E-state index in [2.05, 4.69) is 48.5 Å². The minimum atomic E-state index is -0.344. The molecule has 4 saturated carbocycles. The number of ether oxygens (including phenoxy) is 2. The Morgan fingerprint density at radius 1 is 0.735 bits per heavy atom. The van der Waals surface area contributed by atoms with Gasteiger partial charge in [-0.2, -0.15) is 0 Å². The zero-order valence-electron chi connectivity index (χ0n) is 22.6. The third kappa shape index (κ3) is 2.52. The van der Waals surface area contributed by atoms with Gasteiger partial charge in [0.05, 0.1) is 5.41 Å². The van der Waals surface area contributed by atoms with Gasteiger partial charge in [0, 0.05) is 17.3 Å². The average Bonchev–Trinajstić information content (AvgIpc) is 2.81. The van der Waals surface area contributed by atoms with E-state index in [0.29, 0.717) is 24.2 Å². The molecule has 2 bridgehead atoms. The van der Waals surface area contributed by atoms with Crippen LogP contribution in [-0.4, -0.2) is 24.1 Å². The molecule has 34 heavy (non-hydrogen) atoms. The van der Waals surface area contributed by atoms with Crippen LogP contribution in [0.3, 0.4) is 0 Å². The number of hydrogen-bond donors (Lipinski definition) is 0. The molecule has 10 atom stereocenters. The number of fused-ring (bicyclic) bond motifs is 4. The van der Waals surface area contributed by atoms with Gasteiger partial charge in [0.15, 0.2) is 0 Å². The second-order valence-corrected chi connectivity index (χ2v) is 15.3. The molecule has 6 fully saturated rings. The van der Waals surface area contributed by atoms with Crippen LogP contribution in [0.5, 0.6) is 0 Å². The Balaban J connectivity index is 1.47. The second-order valence-electron chi connectivity index (χ2n) is 15.3. The van der Waals surface area contributed by atoms with Crippen LogP contribution in [0.15, 0.2) is 0 Å². The first kappa shape index (κ1) is 23.3. The summed E-state index contributed by atoms with van der Waals surface area (Å²) in [5.74, 6) is 1.42. The molecule has 0 aromatic carbocycles. The quantitative estimate of drug-likeness (QED) is 0.370. The van der Waals surface area contributed by atoms with Crippen molar-refractivity contribution >= 4 is 11.9 Å². The van der Waals surface area contributed by atoms with E-state index in [9.17, 15) is 9.59 Å². The maximum Gasteiger partial charge on any atom is 0.313 e. The number of esters is 2. The lowest BCUT2D eigenvalue weighted by Gasteiger charge is -2.71. The highest BCUT2D eigenvalue weighted by Gasteiger charge is 2.81. The standard InChI is InChI=1S/C30H46O4/c1-18-27(5)11-10-20-28(6,19(27)8-9-23(31)33-18)14-15-30-21-16-25(2,3)12-13-26(21,4)17-22(29(20,30)7)34-24(30)32/h18-22H,8-17H2,1-7H3/t18-,19-,20+,21-,22+,26-,27-,28+,29+,30+/m1/s1. The van der Waals surface area contributed by atoms with Crippen molar-refractivity contribution in [2.24, 2.45) is 50.2 Å². The molecule has 0 spiro atoms. The van der Waals surface area contributed by atoms with E-state index < -0.39 is 0 Å². The number of rotatable bonds is 0. The molecule has 2 aliphatic heterocycles. The lowest BCUT2D eigenvalue weighted by Crippen LogP contribution is -2.70. The van der Waals surface area contributed by atoms with Gasteiger partial charge in [-0.05, 0) is 98.7 Å². The summed E-state index contributed by atoms with van der Waals surface area (Å²) >= 11 is 0. The summed E-state index contributed by atoms with van der Waals surface area (Å²) in [6.07, 6.45) is 10.3. The SMILES string of the molecule is C[C@H]1OC(=O)CC[C@@H]2[C@]1(C)CC[C@H]1[C@@]2(C)CC[C@@]23C(=O)O[C@@H](C[C@@]4(C)CCC(C)(C)C[C@H]42)[C@]13C. The highest BCUT2D eigenvalue weighted by atomic mass is 16.6. The predicted octanol–water partition coefficient (Wildman–Crippen LogP) is 6.70. The summed E-state index contributed by atoms with van der Waals surface area (Å²) < 4.78 is 12.4. The van der Waals surface area contributed by atoms with Gasteiger partial charge < -0.3 is 9.47 Å². The second kappa shape index (κ2) is 6.62. The fraction of sp³-hybridized carbons (Fsp3) is 0.933. The summed E-state index contributed by atoms with van der Waals surface area (Å²) in [6.45, 7) is 16.8. The van der Waals surface area contributed by atoms with Gasteiger partial charge in [-0.25, -0.2) is 0 Å². The third-order valence-electron chi connectivity index (χ3n) is 13.5. The largest absolute Gasteiger partial charge is 0.462 e. The van der Waals surface area contributed by atoms with Crippen molar-refractivity contribution in [3.05, 3.63) is 0 Å². The molecule has 0 N–H and O–H groups in total. The first-order chi connectivity index (χ1) is 15.7. The monoisotopic (exact) mass is 470 g/mol. The molecule has 4 nitrogen and oxygen atoms in total. The molecular formula is C30H46O4. The van der Waals surface area contributed by atoms with Crippen LogP contribution in [0.25, 0.3) is 0 Å². The van der Waals surface area contributed by atoms with Gasteiger partial charge in [-0.15, -0.1) is 0 Å². The summed E-state index contributed by atoms with van der Waals surface area (Å²) in [5.41, 5.74) is 0.158. The number of hydrogen-bond acceptors (Lipinski definition) is 4. The first-order valence-corrected chi connectivity index (χ1v) is 14.1. The Morgan fingerprint density at radius 3 is 2.21 bits per heavy atom. The van der Waals surface area contributed by atoms with Crippen LogP contribution >= 0.6 is 0 Å². The molecule has 4 aliphatic carbocycles. The predicted molar refractivity (Wildman–Crippen MR) is 131 cm³/mol. The van der Waals surface area contributed by atoms with Crippen molar-refractivity contribution in [1.82, 2.24) is 0 Å².